The van der Waals surface area contributed by atoms with Crippen molar-refractivity contribution in [3.8, 4) is 0 Å². The summed E-state index contributed by atoms with van der Waals surface area (Å²) in [7, 11) is 0. The molecule has 23 heavy (non-hydrogen) atoms. The van der Waals surface area contributed by atoms with Crippen LogP contribution in [0.2, 0.25) is 0 Å². The van der Waals surface area contributed by atoms with Gasteiger partial charge in [-0.2, -0.15) is 4.98 Å². The topological polar surface area (TPSA) is 68.2 Å². The summed E-state index contributed by atoms with van der Waals surface area (Å²) in [6, 6.07) is 11.2. The summed E-state index contributed by atoms with van der Waals surface area (Å²) in [6.45, 7) is 1.95. The smallest absolute Gasteiger partial charge is 0.240 e. The molecule has 0 amide bonds. The van der Waals surface area contributed by atoms with Gasteiger partial charge in [-0.1, -0.05) is 54.8 Å². The lowest BCUT2D eigenvalue weighted by Gasteiger charge is -2.33. The molecule has 3 rings (SSSR count). The predicted molar refractivity (Wildman–Crippen MR) is 92.0 cm³/mol. The van der Waals surface area contributed by atoms with Crippen molar-refractivity contribution in [2.75, 3.05) is 0 Å². The largest absolute Gasteiger partial charge is 0.338 e. The maximum atomic E-state index is 5.55. The third kappa shape index (κ3) is 5.03. The second-order valence-electron chi connectivity index (χ2n) is 5.99. The first kappa shape index (κ1) is 17.9. The minimum atomic E-state index is 0. The van der Waals surface area contributed by atoms with E-state index < -0.39 is 0 Å². The highest BCUT2D eigenvalue weighted by molar-refractivity contribution is 5.85. The van der Waals surface area contributed by atoms with Crippen molar-refractivity contribution in [2.24, 2.45) is 5.73 Å². The standard InChI is InChI=1S/C17H24N4O.ClH/c18-11-17-19-16(20-22-17)13-21(15-9-5-2-6-10-15)12-14-7-3-1-4-8-14;/h1,3-4,7-8,15H,2,5-6,9-13,18H2;1H. The van der Waals surface area contributed by atoms with Gasteiger partial charge in [0, 0.05) is 12.6 Å². The van der Waals surface area contributed by atoms with E-state index in [2.05, 4.69) is 45.4 Å². The van der Waals surface area contributed by atoms with Gasteiger partial charge < -0.3 is 10.3 Å². The zero-order valence-corrected chi connectivity index (χ0v) is 14.2. The molecular formula is C17H25ClN4O. The van der Waals surface area contributed by atoms with E-state index in [1.807, 2.05) is 0 Å². The van der Waals surface area contributed by atoms with Crippen molar-refractivity contribution in [1.29, 1.82) is 0 Å². The summed E-state index contributed by atoms with van der Waals surface area (Å²) in [6.07, 6.45) is 6.50. The van der Waals surface area contributed by atoms with E-state index in [9.17, 15) is 0 Å². The third-order valence-corrected chi connectivity index (χ3v) is 4.35. The Morgan fingerprint density at radius 1 is 1.09 bits per heavy atom. The quantitative estimate of drug-likeness (QED) is 0.876. The Morgan fingerprint density at radius 2 is 1.83 bits per heavy atom. The Morgan fingerprint density at radius 3 is 2.48 bits per heavy atom. The van der Waals surface area contributed by atoms with Crippen molar-refractivity contribution in [3.63, 3.8) is 0 Å². The van der Waals surface area contributed by atoms with Gasteiger partial charge in [0.05, 0.1) is 13.1 Å². The van der Waals surface area contributed by atoms with Gasteiger partial charge >= 0.3 is 0 Å². The molecule has 126 valence electrons. The van der Waals surface area contributed by atoms with E-state index in [1.165, 1.54) is 37.7 Å². The molecule has 1 aromatic heterocycles. The molecule has 0 unspecified atom stereocenters. The molecule has 1 fully saturated rings. The molecule has 5 nitrogen and oxygen atoms in total. The monoisotopic (exact) mass is 336 g/mol. The molecule has 2 aromatic rings. The summed E-state index contributed by atoms with van der Waals surface area (Å²) in [5.74, 6) is 1.25. The number of hydrogen-bond acceptors (Lipinski definition) is 5. The van der Waals surface area contributed by atoms with Gasteiger partial charge in [0.15, 0.2) is 5.82 Å². The number of benzene rings is 1. The van der Waals surface area contributed by atoms with Gasteiger partial charge in [0.25, 0.3) is 0 Å². The number of nitrogens with zero attached hydrogens (tertiary/aromatic N) is 3. The zero-order chi connectivity index (χ0) is 15.2. The Kier molecular flexibility index (Phi) is 7.02. The van der Waals surface area contributed by atoms with E-state index in [1.54, 1.807) is 0 Å². The van der Waals surface area contributed by atoms with Crippen LogP contribution in [0.1, 0.15) is 49.4 Å². The molecule has 0 saturated heterocycles. The number of hydrogen-bond donors (Lipinski definition) is 1. The fraction of sp³-hybridized carbons (Fsp3) is 0.529. The molecule has 2 N–H and O–H groups in total. The third-order valence-electron chi connectivity index (χ3n) is 4.35. The Labute approximate surface area is 143 Å². The van der Waals surface area contributed by atoms with Crippen molar-refractivity contribution in [3.05, 3.63) is 47.6 Å². The molecule has 0 radical (unpaired) electrons. The minimum Gasteiger partial charge on any atom is -0.338 e. The van der Waals surface area contributed by atoms with Crippen LogP contribution in [0.25, 0.3) is 0 Å². The Bertz CT molecular complexity index is 569. The second kappa shape index (κ2) is 9.01. The first-order valence-corrected chi connectivity index (χ1v) is 8.14. The Hall–Kier alpha value is -1.43. The molecule has 1 saturated carbocycles. The van der Waals surface area contributed by atoms with Crippen LogP contribution in [0.15, 0.2) is 34.9 Å². The maximum Gasteiger partial charge on any atom is 0.240 e. The highest BCUT2D eigenvalue weighted by Gasteiger charge is 2.23. The predicted octanol–water partition coefficient (Wildman–Crippen LogP) is 3.29. The molecule has 0 spiro atoms. The molecule has 1 aliphatic carbocycles. The summed E-state index contributed by atoms with van der Waals surface area (Å²) in [5.41, 5.74) is 6.88. The highest BCUT2D eigenvalue weighted by Crippen LogP contribution is 2.25. The van der Waals surface area contributed by atoms with E-state index in [-0.39, 0.29) is 12.4 Å². The number of aromatic nitrogens is 2. The summed E-state index contributed by atoms with van der Waals surface area (Å²) in [4.78, 5) is 6.85. The van der Waals surface area contributed by atoms with Gasteiger partial charge in [0.1, 0.15) is 0 Å². The van der Waals surface area contributed by atoms with Gasteiger partial charge in [-0.3, -0.25) is 4.90 Å². The first-order valence-electron chi connectivity index (χ1n) is 8.14. The summed E-state index contributed by atoms with van der Waals surface area (Å²) in [5, 5.41) is 4.06. The highest BCUT2D eigenvalue weighted by atomic mass is 35.5. The van der Waals surface area contributed by atoms with Crippen molar-refractivity contribution < 1.29 is 4.52 Å². The van der Waals surface area contributed by atoms with Crippen LogP contribution in [0.5, 0.6) is 0 Å². The number of rotatable bonds is 6. The van der Waals surface area contributed by atoms with Crippen LogP contribution in [0, 0.1) is 0 Å². The lowest BCUT2D eigenvalue weighted by atomic mass is 9.94. The molecule has 1 aromatic carbocycles. The summed E-state index contributed by atoms with van der Waals surface area (Å²) >= 11 is 0. The van der Waals surface area contributed by atoms with Crippen molar-refractivity contribution in [2.45, 2.75) is 57.8 Å². The fourth-order valence-corrected chi connectivity index (χ4v) is 3.20. The zero-order valence-electron chi connectivity index (χ0n) is 13.4. The number of nitrogens with two attached hydrogens (primary N) is 1. The van der Waals surface area contributed by atoms with Gasteiger partial charge in [-0.05, 0) is 18.4 Å². The fourth-order valence-electron chi connectivity index (χ4n) is 3.20. The molecule has 0 aliphatic heterocycles. The van der Waals surface area contributed by atoms with Crippen LogP contribution < -0.4 is 5.73 Å². The van der Waals surface area contributed by atoms with Gasteiger partial charge in [0.2, 0.25) is 5.89 Å². The molecule has 0 atom stereocenters. The van der Waals surface area contributed by atoms with E-state index >= 15 is 0 Å². The van der Waals surface area contributed by atoms with Crippen LogP contribution >= 0.6 is 12.4 Å². The van der Waals surface area contributed by atoms with Crippen LogP contribution in [0.4, 0.5) is 0 Å². The average Bonchev–Trinajstić information content (AvgIpc) is 3.04. The van der Waals surface area contributed by atoms with Crippen LogP contribution in [-0.4, -0.2) is 21.1 Å². The van der Waals surface area contributed by atoms with Crippen LogP contribution in [-0.2, 0) is 19.6 Å². The lowest BCUT2D eigenvalue weighted by Crippen LogP contribution is -2.36. The average molecular weight is 337 g/mol. The molecule has 0 bridgehead atoms. The maximum absolute atomic E-state index is 5.55. The lowest BCUT2D eigenvalue weighted by molar-refractivity contribution is 0.135. The SMILES string of the molecule is Cl.NCc1nc(CN(Cc2ccccc2)C2CCCCC2)no1. The van der Waals surface area contributed by atoms with Crippen LogP contribution in [0.3, 0.4) is 0 Å². The molecular weight excluding hydrogens is 312 g/mol. The summed E-state index contributed by atoms with van der Waals surface area (Å²) < 4.78 is 5.14. The Balaban J connectivity index is 0.00000192. The first-order chi connectivity index (χ1) is 10.8. The second-order valence-corrected chi connectivity index (χ2v) is 5.99. The number of halogens is 1. The van der Waals surface area contributed by atoms with Crippen molar-refractivity contribution >= 4 is 12.4 Å². The van der Waals surface area contributed by atoms with Crippen molar-refractivity contribution in [1.82, 2.24) is 15.0 Å². The van der Waals surface area contributed by atoms with E-state index in [0.717, 1.165) is 18.9 Å². The molecule has 1 heterocycles. The molecule has 6 heteroatoms. The van der Waals surface area contributed by atoms with Gasteiger partial charge in [-0.15, -0.1) is 12.4 Å². The minimum absolute atomic E-state index is 0. The van der Waals surface area contributed by atoms with E-state index in [0.29, 0.717) is 18.5 Å². The molecule has 1 aliphatic rings. The van der Waals surface area contributed by atoms with Gasteiger partial charge in [-0.25, -0.2) is 0 Å². The normalized spacial score (nSPS) is 15.6. The van der Waals surface area contributed by atoms with E-state index in [4.69, 9.17) is 10.3 Å².